The lowest BCUT2D eigenvalue weighted by molar-refractivity contribution is -0.141. The van der Waals surface area contributed by atoms with Gasteiger partial charge in [-0.3, -0.25) is 9.59 Å². The topological polar surface area (TPSA) is 103 Å². The first-order valence-electron chi connectivity index (χ1n) is 9.55. The van der Waals surface area contributed by atoms with Crippen LogP contribution in [0.25, 0.3) is 0 Å². The van der Waals surface area contributed by atoms with E-state index in [4.69, 9.17) is 10.00 Å². The summed E-state index contributed by atoms with van der Waals surface area (Å²) in [4.78, 5) is 38.2. The van der Waals surface area contributed by atoms with Crippen molar-refractivity contribution < 1.29 is 23.5 Å². The minimum absolute atomic E-state index is 0.00495. The van der Waals surface area contributed by atoms with Gasteiger partial charge in [0, 0.05) is 19.4 Å². The summed E-state index contributed by atoms with van der Waals surface area (Å²) < 4.78 is 19.2. The number of carbonyl (C=O) groups excluding carboxylic acids is 3. The third-order valence-electron chi connectivity index (χ3n) is 4.49. The Morgan fingerprint density at radius 1 is 1.13 bits per heavy atom. The van der Waals surface area contributed by atoms with Crippen LogP contribution in [0.2, 0.25) is 0 Å². The number of ether oxygens (including phenoxy) is 1. The van der Waals surface area contributed by atoms with Crippen molar-refractivity contribution in [3.63, 3.8) is 0 Å². The molecular weight excluding hydrogens is 403 g/mol. The van der Waals surface area contributed by atoms with Crippen LogP contribution in [0.5, 0.6) is 0 Å². The number of hydrazone groups is 1. The Morgan fingerprint density at radius 3 is 2.55 bits per heavy atom. The van der Waals surface area contributed by atoms with Gasteiger partial charge in [0.25, 0.3) is 5.91 Å². The molecule has 0 unspecified atom stereocenters. The van der Waals surface area contributed by atoms with Gasteiger partial charge in [0.15, 0.2) is 6.61 Å². The molecule has 0 atom stereocenters. The summed E-state index contributed by atoms with van der Waals surface area (Å²) in [6.45, 7) is -0.706. The summed E-state index contributed by atoms with van der Waals surface area (Å²) in [5.41, 5.74) is 0.510. The zero-order chi connectivity index (χ0) is 22.2. The highest BCUT2D eigenvalue weighted by Gasteiger charge is 2.27. The minimum atomic E-state index is -0.837. The molecule has 8 nitrogen and oxygen atoms in total. The fourth-order valence-electron chi connectivity index (χ4n) is 2.97. The highest BCUT2D eigenvalue weighted by atomic mass is 19.1. The van der Waals surface area contributed by atoms with E-state index in [1.54, 1.807) is 36.4 Å². The minimum Gasteiger partial charge on any atom is -0.451 e. The number of esters is 1. The first-order valence-corrected chi connectivity index (χ1v) is 9.55. The molecule has 2 aromatic carbocycles. The maximum Gasteiger partial charge on any atom is 0.355 e. The highest BCUT2D eigenvalue weighted by molar-refractivity contribution is 6.38. The van der Waals surface area contributed by atoms with E-state index >= 15 is 0 Å². The van der Waals surface area contributed by atoms with Crippen LogP contribution < -0.4 is 9.91 Å². The molecule has 0 bridgehead atoms. The van der Waals surface area contributed by atoms with Gasteiger partial charge in [0.05, 0.1) is 23.9 Å². The summed E-state index contributed by atoms with van der Waals surface area (Å²) in [5, 5.41) is 14.0. The van der Waals surface area contributed by atoms with E-state index in [9.17, 15) is 18.8 Å². The van der Waals surface area contributed by atoms with Crippen LogP contribution in [0.4, 0.5) is 15.8 Å². The number of carbonyl (C=O) groups is 3. The van der Waals surface area contributed by atoms with Gasteiger partial charge in [0.2, 0.25) is 5.91 Å². The molecule has 158 valence electrons. The van der Waals surface area contributed by atoms with Crippen molar-refractivity contribution in [2.75, 3.05) is 23.1 Å². The number of halogens is 1. The van der Waals surface area contributed by atoms with Gasteiger partial charge in [-0.25, -0.2) is 14.2 Å². The zero-order valence-electron chi connectivity index (χ0n) is 16.5. The number of hydrogen-bond acceptors (Lipinski definition) is 6. The molecule has 0 saturated heterocycles. The number of hydrogen-bond donors (Lipinski definition) is 0. The normalized spacial score (nSPS) is 13.2. The van der Waals surface area contributed by atoms with Crippen molar-refractivity contribution in [3.8, 4) is 6.07 Å². The third-order valence-corrected chi connectivity index (χ3v) is 4.49. The van der Waals surface area contributed by atoms with Crippen molar-refractivity contribution >= 4 is 34.9 Å². The Morgan fingerprint density at radius 2 is 1.84 bits per heavy atom. The molecule has 1 aliphatic rings. The number of anilines is 2. The molecule has 31 heavy (non-hydrogen) atoms. The van der Waals surface area contributed by atoms with Crippen LogP contribution in [-0.4, -0.2) is 36.6 Å². The maximum absolute atomic E-state index is 14.1. The Bertz CT molecular complexity index is 1050. The van der Waals surface area contributed by atoms with E-state index in [0.717, 1.165) is 9.91 Å². The largest absolute Gasteiger partial charge is 0.451 e. The summed E-state index contributed by atoms with van der Waals surface area (Å²) in [6, 6.07) is 16.2. The number of amides is 2. The second-order valence-corrected chi connectivity index (χ2v) is 6.57. The first kappa shape index (κ1) is 21.6. The average Bonchev–Trinajstić information content (AvgIpc) is 2.79. The molecule has 3 rings (SSSR count). The summed E-state index contributed by atoms with van der Waals surface area (Å²) in [7, 11) is 0. The van der Waals surface area contributed by atoms with Crippen LogP contribution in [0.1, 0.15) is 19.3 Å². The molecule has 0 radical (unpaired) electrons. The molecule has 2 aromatic rings. The molecule has 0 spiro atoms. The third kappa shape index (κ3) is 5.30. The number of nitrogens with zero attached hydrogens (tertiary/aromatic N) is 4. The van der Waals surface area contributed by atoms with Crippen LogP contribution >= 0.6 is 0 Å². The Balaban J connectivity index is 1.69. The molecule has 0 aliphatic carbocycles. The predicted octanol–water partition coefficient (Wildman–Crippen LogP) is 2.80. The van der Waals surface area contributed by atoms with E-state index in [1.165, 1.54) is 18.2 Å². The fraction of sp³-hybridized carbons (Fsp3) is 0.227. The number of rotatable bonds is 7. The summed E-state index contributed by atoms with van der Waals surface area (Å²) in [5.74, 6) is -2.41. The van der Waals surface area contributed by atoms with Gasteiger partial charge in [-0.15, -0.1) is 0 Å². The SMILES string of the molecule is N#CCCN(C(=O)COC(=O)C1=NN(c2ccccc2)C(=O)CC1)c1ccccc1F. The number of nitriles is 1. The maximum atomic E-state index is 14.1. The number of benzene rings is 2. The zero-order valence-corrected chi connectivity index (χ0v) is 16.5. The molecule has 9 heteroatoms. The molecule has 1 heterocycles. The van der Waals surface area contributed by atoms with Crippen LogP contribution in [0.15, 0.2) is 59.7 Å². The molecule has 0 fully saturated rings. The van der Waals surface area contributed by atoms with Gasteiger partial charge < -0.3 is 9.64 Å². The van der Waals surface area contributed by atoms with E-state index in [-0.39, 0.29) is 43.1 Å². The van der Waals surface area contributed by atoms with Gasteiger partial charge in [-0.1, -0.05) is 30.3 Å². The average molecular weight is 422 g/mol. The van der Waals surface area contributed by atoms with Crippen molar-refractivity contribution in [2.24, 2.45) is 5.10 Å². The summed E-state index contributed by atoms with van der Waals surface area (Å²) >= 11 is 0. The van der Waals surface area contributed by atoms with Crippen LogP contribution in [-0.2, 0) is 19.1 Å². The molecule has 0 aromatic heterocycles. The van der Waals surface area contributed by atoms with Gasteiger partial charge in [0.1, 0.15) is 11.5 Å². The van der Waals surface area contributed by atoms with Gasteiger partial charge in [-0.2, -0.15) is 10.4 Å². The lowest BCUT2D eigenvalue weighted by Crippen LogP contribution is -2.38. The smallest absolute Gasteiger partial charge is 0.355 e. The Labute approximate surface area is 178 Å². The first-order chi connectivity index (χ1) is 15.0. The molecule has 1 aliphatic heterocycles. The second kappa shape index (κ2) is 10.1. The molecule has 0 saturated carbocycles. The predicted molar refractivity (Wildman–Crippen MR) is 111 cm³/mol. The second-order valence-electron chi connectivity index (χ2n) is 6.57. The lowest BCUT2D eigenvalue weighted by Gasteiger charge is -2.24. The van der Waals surface area contributed by atoms with Gasteiger partial charge >= 0.3 is 5.97 Å². The fourth-order valence-corrected chi connectivity index (χ4v) is 2.97. The lowest BCUT2D eigenvalue weighted by atomic mass is 10.1. The van der Waals surface area contributed by atoms with Crippen LogP contribution in [0.3, 0.4) is 0 Å². The Hall–Kier alpha value is -4.06. The van der Waals surface area contributed by atoms with E-state index in [2.05, 4.69) is 5.10 Å². The number of para-hydroxylation sites is 2. The molecular formula is C22H19FN4O4. The van der Waals surface area contributed by atoms with Crippen molar-refractivity contribution in [1.82, 2.24) is 0 Å². The summed E-state index contributed by atoms with van der Waals surface area (Å²) in [6.07, 6.45) is 0.135. The molecule has 2 amide bonds. The van der Waals surface area contributed by atoms with Crippen molar-refractivity contribution in [1.29, 1.82) is 5.26 Å². The van der Waals surface area contributed by atoms with Crippen molar-refractivity contribution in [3.05, 3.63) is 60.4 Å². The standard InChI is InChI=1S/C22H19FN4O4/c23-17-9-4-5-10-19(17)26(14-6-13-24)21(29)15-31-22(30)18-11-12-20(28)27(25-18)16-7-2-1-3-8-16/h1-5,7-10H,6,11-12,14-15H2. The highest BCUT2D eigenvalue weighted by Crippen LogP contribution is 2.21. The Kier molecular flexibility index (Phi) is 7.06. The molecule has 0 N–H and O–H groups in total. The van der Waals surface area contributed by atoms with E-state index in [0.29, 0.717) is 5.69 Å². The quantitative estimate of drug-likeness (QED) is 0.639. The van der Waals surface area contributed by atoms with Gasteiger partial charge in [-0.05, 0) is 24.3 Å². The van der Waals surface area contributed by atoms with Crippen molar-refractivity contribution in [2.45, 2.75) is 19.3 Å². The monoisotopic (exact) mass is 422 g/mol. The van der Waals surface area contributed by atoms with Crippen LogP contribution in [0, 0.1) is 17.1 Å². The van der Waals surface area contributed by atoms with E-state index < -0.39 is 24.3 Å². The van der Waals surface area contributed by atoms with E-state index in [1.807, 2.05) is 6.07 Å².